The quantitative estimate of drug-likeness (QED) is 0.446. The molecule has 0 aromatic rings. The lowest BCUT2D eigenvalue weighted by molar-refractivity contribution is -0.141. The monoisotopic (exact) mass is 158 g/mol. The average Bonchev–Trinajstić information content (AvgIpc) is 2.67. The number of rotatable bonds is 2. The number of ether oxygens (including phenoxy) is 2. The maximum absolute atomic E-state index is 10.8. The summed E-state index contributed by atoms with van der Waals surface area (Å²) in [4.78, 5) is 21.3. The van der Waals surface area contributed by atoms with Gasteiger partial charge >= 0.3 is 12.1 Å². The van der Waals surface area contributed by atoms with Crippen LogP contribution >= 0.6 is 0 Å². The van der Waals surface area contributed by atoms with Crippen molar-refractivity contribution in [2.75, 3.05) is 6.61 Å². The van der Waals surface area contributed by atoms with E-state index in [2.05, 4.69) is 9.47 Å². The lowest BCUT2D eigenvalue weighted by Gasteiger charge is -1.99. The van der Waals surface area contributed by atoms with Crippen LogP contribution in [-0.4, -0.2) is 18.7 Å². The minimum Gasteiger partial charge on any atom is -0.434 e. The zero-order chi connectivity index (χ0) is 8.27. The Morgan fingerprint density at radius 1 is 1.45 bits per heavy atom. The van der Waals surface area contributed by atoms with Gasteiger partial charge in [-0.2, -0.15) is 0 Å². The SMILES string of the molecule is CCOC(=O)OC(=O)C1CC1. The highest BCUT2D eigenvalue weighted by Crippen LogP contribution is 2.30. The first-order valence-electron chi connectivity index (χ1n) is 3.62. The molecular formula is C7H10O4. The van der Waals surface area contributed by atoms with Gasteiger partial charge in [0.15, 0.2) is 0 Å². The molecule has 4 heteroatoms. The molecule has 0 heterocycles. The predicted octanol–water partition coefficient (Wildman–Crippen LogP) is 1.10. The molecule has 0 bridgehead atoms. The van der Waals surface area contributed by atoms with Gasteiger partial charge in [0.05, 0.1) is 12.5 Å². The molecule has 0 aliphatic heterocycles. The van der Waals surface area contributed by atoms with E-state index in [1.54, 1.807) is 6.92 Å². The molecule has 1 saturated carbocycles. The minimum atomic E-state index is -0.885. The fraction of sp³-hybridized carbons (Fsp3) is 0.714. The molecule has 1 rings (SSSR count). The van der Waals surface area contributed by atoms with Gasteiger partial charge in [0, 0.05) is 0 Å². The highest BCUT2D eigenvalue weighted by Gasteiger charge is 2.33. The Balaban J connectivity index is 2.17. The van der Waals surface area contributed by atoms with Crippen molar-refractivity contribution in [3.63, 3.8) is 0 Å². The lowest BCUT2D eigenvalue weighted by Crippen LogP contribution is -2.14. The number of carbonyl (C=O) groups excluding carboxylic acids is 2. The first-order valence-corrected chi connectivity index (χ1v) is 3.62. The van der Waals surface area contributed by atoms with Gasteiger partial charge in [-0.15, -0.1) is 0 Å². The Morgan fingerprint density at radius 2 is 2.09 bits per heavy atom. The molecule has 11 heavy (non-hydrogen) atoms. The van der Waals surface area contributed by atoms with Crippen LogP contribution in [0.1, 0.15) is 19.8 Å². The Hall–Kier alpha value is -1.06. The predicted molar refractivity (Wildman–Crippen MR) is 35.8 cm³/mol. The van der Waals surface area contributed by atoms with Gasteiger partial charge < -0.3 is 9.47 Å². The molecular weight excluding hydrogens is 148 g/mol. The molecule has 1 fully saturated rings. The van der Waals surface area contributed by atoms with Crippen molar-refractivity contribution >= 4 is 12.1 Å². The molecule has 0 amide bonds. The van der Waals surface area contributed by atoms with Crippen molar-refractivity contribution in [2.45, 2.75) is 19.8 Å². The van der Waals surface area contributed by atoms with Crippen LogP contribution in [0.5, 0.6) is 0 Å². The van der Waals surface area contributed by atoms with Crippen LogP contribution in [0, 0.1) is 5.92 Å². The number of hydrogen-bond donors (Lipinski definition) is 0. The maximum Gasteiger partial charge on any atom is 0.516 e. The van der Waals surface area contributed by atoms with Crippen molar-refractivity contribution in [1.82, 2.24) is 0 Å². The van der Waals surface area contributed by atoms with Crippen LogP contribution < -0.4 is 0 Å². The Bertz CT molecular complexity index is 171. The summed E-state index contributed by atoms with van der Waals surface area (Å²) in [6.07, 6.45) is 0.778. The highest BCUT2D eigenvalue weighted by atomic mass is 16.7. The molecule has 1 aliphatic rings. The first kappa shape index (κ1) is 8.04. The summed E-state index contributed by atoms with van der Waals surface area (Å²) in [6.45, 7) is 1.89. The van der Waals surface area contributed by atoms with E-state index in [1.165, 1.54) is 0 Å². The minimum absolute atomic E-state index is 0.0561. The van der Waals surface area contributed by atoms with Crippen molar-refractivity contribution in [3.8, 4) is 0 Å². The van der Waals surface area contributed by atoms with Gasteiger partial charge in [0.2, 0.25) is 0 Å². The van der Waals surface area contributed by atoms with Gasteiger partial charge in [-0.1, -0.05) is 0 Å². The molecule has 0 aromatic heterocycles. The van der Waals surface area contributed by atoms with Gasteiger partial charge in [0.25, 0.3) is 0 Å². The lowest BCUT2D eigenvalue weighted by atomic mass is 10.4. The van der Waals surface area contributed by atoms with Gasteiger partial charge in [-0.05, 0) is 19.8 Å². The van der Waals surface area contributed by atoms with E-state index in [9.17, 15) is 9.59 Å². The third kappa shape index (κ3) is 2.57. The average molecular weight is 158 g/mol. The van der Waals surface area contributed by atoms with Gasteiger partial charge in [0.1, 0.15) is 0 Å². The van der Waals surface area contributed by atoms with Crippen molar-refractivity contribution in [1.29, 1.82) is 0 Å². The molecule has 1 aliphatic carbocycles. The molecule has 0 unspecified atom stereocenters. The Labute approximate surface area is 64.5 Å². The maximum atomic E-state index is 10.8. The summed E-state index contributed by atoms with van der Waals surface area (Å²) in [7, 11) is 0. The van der Waals surface area contributed by atoms with E-state index < -0.39 is 12.1 Å². The first-order chi connectivity index (χ1) is 5.24. The summed E-state index contributed by atoms with van der Waals surface area (Å²) in [6, 6.07) is 0. The van der Waals surface area contributed by atoms with Crippen LogP contribution in [0.2, 0.25) is 0 Å². The second-order valence-electron chi connectivity index (χ2n) is 2.38. The van der Waals surface area contributed by atoms with E-state index in [1.807, 2.05) is 0 Å². The van der Waals surface area contributed by atoms with Crippen LogP contribution in [0.25, 0.3) is 0 Å². The molecule has 62 valence electrons. The fourth-order valence-electron chi connectivity index (χ4n) is 0.632. The summed E-state index contributed by atoms with van der Waals surface area (Å²) < 4.78 is 8.72. The van der Waals surface area contributed by atoms with E-state index in [0.717, 1.165) is 12.8 Å². The van der Waals surface area contributed by atoms with Crippen molar-refractivity contribution in [2.24, 2.45) is 5.92 Å². The third-order valence-corrected chi connectivity index (χ3v) is 1.36. The fourth-order valence-corrected chi connectivity index (χ4v) is 0.632. The molecule has 0 aromatic carbocycles. The molecule has 0 spiro atoms. The van der Waals surface area contributed by atoms with E-state index in [4.69, 9.17) is 0 Å². The van der Waals surface area contributed by atoms with E-state index in [-0.39, 0.29) is 12.5 Å². The second-order valence-corrected chi connectivity index (χ2v) is 2.38. The van der Waals surface area contributed by atoms with E-state index >= 15 is 0 Å². The number of hydrogen-bond acceptors (Lipinski definition) is 4. The number of carbonyl (C=O) groups is 2. The summed E-state index contributed by atoms with van der Waals surface area (Å²) in [5.41, 5.74) is 0. The molecule has 0 atom stereocenters. The summed E-state index contributed by atoms with van der Waals surface area (Å²) in [5.74, 6) is -0.511. The van der Waals surface area contributed by atoms with Crippen molar-refractivity contribution < 1.29 is 19.1 Å². The van der Waals surface area contributed by atoms with Crippen LogP contribution in [0.15, 0.2) is 0 Å². The standard InChI is InChI=1S/C7H10O4/c1-2-10-7(9)11-6(8)5-3-4-5/h5H,2-4H2,1H3. The molecule has 0 N–H and O–H groups in total. The Morgan fingerprint density at radius 3 is 2.55 bits per heavy atom. The molecule has 4 nitrogen and oxygen atoms in total. The molecule has 0 saturated heterocycles. The van der Waals surface area contributed by atoms with Gasteiger partial charge in [-0.25, -0.2) is 4.79 Å². The molecule has 0 radical (unpaired) electrons. The van der Waals surface area contributed by atoms with E-state index in [0.29, 0.717) is 0 Å². The third-order valence-electron chi connectivity index (χ3n) is 1.36. The largest absolute Gasteiger partial charge is 0.516 e. The summed E-state index contributed by atoms with van der Waals surface area (Å²) in [5, 5.41) is 0. The second kappa shape index (κ2) is 3.37. The topological polar surface area (TPSA) is 52.6 Å². The number of esters is 1. The summed E-state index contributed by atoms with van der Waals surface area (Å²) >= 11 is 0. The van der Waals surface area contributed by atoms with Crippen molar-refractivity contribution in [3.05, 3.63) is 0 Å². The van der Waals surface area contributed by atoms with Gasteiger partial charge in [-0.3, -0.25) is 4.79 Å². The highest BCUT2D eigenvalue weighted by molar-refractivity contribution is 5.84. The van der Waals surface area contributed by atoms with Crippen LogP contribution in [0.4, 0.5) is 4.79 Å². The van der Waals surface area contributed by atoms with Crippen LogP contribution in [0.3, 0.4) is 0 Å². The zero-order valence-electron chi connectivity index (χ0n) is 6.33. The zero-order valence-corrected chi connectivity index (χ0v) is 6.33. The van der Waals surface area contributed by atoms with Crippen LogP contribution in [-0.2, 0) is 14.3 Å². The Kier molecular flexibility index (Phi) is 2.46. The normalized spacial score (nSPS) is 15.7. The smallest absolute Gasteiger partial charge is 0.434 e.